The molecular formula is C12H14N6. The van der Waals surface area contributed by atoms with Crippen molar-refractivity contribution in [3.05, 3.63) is 36.4 Å². The summed E-state index contributed by atoms with van der Waals surface area (Å²) in [5.41, 5.74) is 6.61. The zero-order valence-corrected chi connectivity index (χ0v) is 9.90. The van der Waals surface area contributed by atoms with E-state index in [1.807, 2.05) is 12.1 Å². The molecule has 2 aromatic rings. The largest absolute Gasteiger partial charge is 0.368 e. The molecule has 0 aromatic carbocycles. The summed E-state index contributed by atoms with van der Waals surface area (Å²) in [7, 11) is 0. The number of nitrogens with zero attached hydrogens (tertiary/aromatic N) is 5. The third kappa shape index (κ3) is 2.09. The number of rotatable bonds is 2. The Labute approximate surface area is 105 Å². The van der Waals surface area contributed by atoms with Crippen molar-refractivity contribution in [1.29, 1.82) is 0 Å². The maximum absolute atomic E-state index is 5.61. The van der Waals surface area contributed by atoms with E-state index in [0.29, 0.717) is 11.9 Å². The molecule has 1 atom stereocenters. The minimum atomic E-state index is 0.335. The van der Waals surface area contributed by atoms with Crippen LogP contribution in [0.5, 0.6) is 0 Å². The number of anilines is 2. The lowest BCUT2D eigenvalue weighted by Crippen LogP contribution is -2.21. The summed E-state index contributed by atoms with van der Waals surface area (Å²) in [6.07, 6.45) is 6.27. The van der Waals surface area contributed by atoms with Gasteiger partial charge in [0.05, 0.1) is 5.69 Å². The molecule has 1 unspecified atom stereocenters. The van der Waals surface area contributed by atoms with Gasteiger partial charge in [-0.1, -0.05) is 0 Å². The quantitative estimate of drug-likeness (QED) is 0.840. The monoisotopic (exact) mass is 242 g/mol. The molecule has 3 rings (SSSR count). The van der Waals surface area contributed by atoms with Crippen LogP contribution in [0.2, 0.25) is 0 Å². The van der Waals surface area contributed by atoms with Crippen LogP contribution in [-0.2, 0) is 0 Å². The summed E-state index contributed by atoms with van der Waals surface area (Å²) in [6.45, 7) is 1.82. The van der Waals surface area contributed by atoms with Crippen molar-refractivity contribution in [2.75, 3.05) is 23.7 Å². The van der Waals surface area contributed by atoms with Crippen LogP contribution in [-0.4, -0.2) is 33.0 Å². The van der Waals surface area contributed by atoms with Crippen LogP contribution < -0.4 is 10.6 Å². The topological polar surface area (TPSA) is 80.8 Å². The average molecular weight is 242 g/mol. The predicted octanol–water partition coefficient (Wildman–Crippen LogP) is 0.843. The van der Waals surface area contributed by atoms with Gasteiger partial charge in [0.15, 0.2) is 0 Å². The number of aromatic nitrogens is 4. The van der Waals surface area contributed by atoms with E-state index in [4.69, 9.17) is 5.73 Å². The lowest BCUT2D eigenvalue weighted by Gasteiger charge is -2.15. The number of hydrogen-bond donors (Lipinski definition) is 1. The summed E-state index contributed by atoms with van der Waals surface area (Å²) in [6, 6.07) is 3.75. The Hall–Kier alpha value is -2.24. The van der Waals surface area contributed by atoms with Crippen LogP contribution in [0.15, 0.2) is 30.7 Å². The van der Waals surface area contributed by atoms with E-state index in [1.54, 1.807) is 18.6 Å². The first-order valence-corrected chi connectivity index (χ1v) is 5.93. The zero-order chi connectivity index (χ0) is 12.4. The fourth-order valence-electron chi connectivity index (χ4n) is 2.25. The second-order valence-electron chi connectivity index (χ2n) is 4.32. The maximum atomic E-state index is 5.61. The molecule has 1 fully saturated rings. The first kappa shape index (κ1) is 10.9. The third-order valence-electron chi connectivity index (χ3n) is 3.14. The van der Waals surface area contributed by atoms with Gasteiger partial charge < -0.3 is 10.6 Å². The summed E-state index contributed by atoms with van der Waals surface area (Å²) >= 11 is 0. The molecule has 18 heavy (non-hydrogen) atoms. The van der Waals surface area contributed by atoms with Crippen LogP contribution in [0.4, 0.5) is 11.9 Å². The van der Waals surface area contributed by atoms with Crippen molar-refractivity contribution in [3.63, 3.8) is 0 Å². The van der Waals surface area contributed by atoms with Crippen molar-refractivity contribution in [3.8, 4) is 0 Å². The number of hydrogen-bond acceptors (Lipinski definition) is 6. The predicted molar refractivity (Wildman–Crippen MR) is 68.0 cm³/mol. The van der Waals surface area contributed by atoms with Crippen LogP contribution in [0.3, 0.4) is 0 Å². The Morgan fingerprint density at radius 2 is 2.00 bits per heavy atom. The van der Waals surface area contributed by atoms with E-state index in [0.717, 1.165) is 31.2 Å². The molecule has 0 aliphatic carbocycles. The fourth-order valence-corrected chi connectivity index (χ4v) is 2.25. The highest BCUT2D eigenvalue weighted by atomic mass is 15.3. The lowest BCUT2D eigenvalue weighted by atomic mass is 10.1. The Balaban J connectivity index is 1.76. The molecular weight excluding hydrogens is 228 g/mol. The van der Waals surface area contributed by atoms with Gasteiger partial charge in [-0.15, -0.1) is 0 Å². The molecule has 0 radical (unpaired) electrons. The van der Waals surface area contributed by atoms with E-state index in [9.17, 15) is 0 Å². The van der Waals surface area contributed by atoms with Crippen LogP contribution in [0.25, 0.3) is 0 Å². The molecule has 6 heteroatoms. The van der Waals surface area contributed by atoms with E-state index in [1.165, 1.54) is 0 Å². The van der Waals surface area contributed by atoms with Gasteiger partial charge in [-0.2, -0.15) is 0 Å². The molecule has 0 saturated carbocycles. The van der Waals surface area contributed by atoms with Crippen LogP contribution in [0.1, 0.15) is 18.0 Å². The van der Waals surface area contributed by atoms with Gasteiger partial charge in [-0.3, -0.25) is 0 Å². The maximum Gasteiger partial charge on any atom is 0.225 e. The summed E-state index contributed by atoms with van der Waals surface area (Å²) in [5.74, 6) is 1.49. The standard InChI is InChI=1S/C12H14N6/c13-11-14-6-2-10(17-11)9-3-7-18(8-9)12-15-4-1-5-16-12/h1-2,4-6,9H,3,7-8H2,(H2,13,14,17). The summed E-state index contributed by atoms with van der Waals surface area (Å²) in [5, 5.41) is 0. The Kier molecular flexibility index (Phi) is 2.76. The van der Waals surface area contributed by atoms with Gasteiger partial charge in [-0.05, 0) is 18.6 Å². The smallest absolute Gasteiger partial charge is 0.225 e. The molecule has 3 heterocycles. The average Bonchev–Trinajstić information content (AvgIpc) is 2.89. The first-order chi connectivity index (χ1) is 8.83. The Bertz CT molecular complexity index is 529. The molecule has 2 aromatic heterocycles. The van der Waals surface area contributed by atoms with Gasteiger partial charge in [0.25, 0.3) is 0 Å². The van der Waals surface area contributed by atoms with Gasteiger partial charge in [0.2, 0.25) is 11.9 Å². The van der Waals surface area contributed by atoms with Crippen molar-refractivity contribution >= 4 is 11.9 Å². The second kappa shape index (κ2) is 4.56. The molecule has 92 valence electrons. The third-order valence-corrected chi connectivity index (χ3v) is 3.14. The lowest BCUT2D eigenvalue weighted by molar-refractivity contribution is 0.740. The molecule has 2 N–H and O–H groups in total. The van der Waals surface area contributed by atoms with Gasteiger partial charge in [-0.25, -0.2) is 19.9 Å². The number of nitrogens with two attached hydrogens (primary N) is 1. The fraction of sp³-hybridized carbons (Fsp3) is 0.333. The molecule has 0 amide bonds. The van der Waals surface area contributed by atoms with Crippen LogP contribution in [0, 0.1) is 0 Å². The zero-order valence-electron chi connectivity index (χ0n) is 9.90. The normalized spacial score (nSPS) is 19.1. The van der Waals surface area contributed by atoms with Crippen LogP contribution >= 0.6 is 0 Å². The highest BCUT2D eigenvalue weighted by Crippen LogP contribution is 2.27. The number of nitrogen functional groups attached to an aromatic ring is 1. The SMILES string of the molecule is Nc1nccc(C2CCN(c3ncccn3)C2)n1. The molecule has 1 aliphatic heterocycles. The van der Waals surface area contributed by atoms with Gasteiger partial charge >= 0.3 is 0 Å². The van der Waals surface area contributed by atoms with Crippen molar-refractivity contribution in [1.82, 2.24) is 19.9 Å². The summed E-state index contributed by atoms with van der Waals surface area (Å²) in [4.78, 5) is 18.9. The van der Waals surface area contributed by atoms with Crippen molar-refractivity contribution < 1.29 is 0 Å². The molecule has 1 saturated heterocycles. The second-order valence-corrected chi connectivity index (χ2v) is 4.32. The Morgan fingerprint density at radius 3 is 2.78 bits per heavy atom. The minimum absolute atomic E-state index is 0.335. The van der Waals surface area contributed by atoms with E-state index < -0.39 is 0 Å². The molecule has 1 aliphatic rings. The molecule has 6 nitrogen and oxygen atoms in total. The first-order valence-electron chi connectivity index (χ1n) is 5.93. The van der Waals surface area contributed by atoms with Gasteiger partial charge in [0.1, 0.15) is 0 Å². The molecule has 0 bridgehead atoms. The van der Waals surface area contributed by atoms with E-state index in [-0.39, 0.29) is 0 Å². The highest BCUT2D eigenvalue weighted by Gasteiger charge is 2.26. The van der Waals surface area contributed by atoms with E-state index in [2.05, 4.69) is 24.8 Å². The van der Waals surface area contributed by atoms with Gasteiger partial charge in [0, 0.05) is 37.6 Å². The minimum Gasteiger partial charge on any atom is -0.368 e. The van der Waals surface area contributed by atoms with E-state index >= 15 is 0 Å². The molecule has 0 spiro atoms. The van der Waals surface area contributed by atoms with Crippen molar-refractivity contribution in [2.24, 2.45) is 0 Å². The highest BCUT2D eigenvalue weighted by molar-refractivity contribution is 5.33. The van der Waals surface area contributed by atoms with Crippen molar-refractivity contribution in [2.45, 2.75) is 12.3 Å². The Morgan fingerprint density at radius 1 is 1.17 bits per heavy atom. The summed E-state index contributed by atoms with van der Waals surface area (Å²) < 4.78 is 0.